The first-order chi connectivity index (χ1) is 15.8. The molecule has 0 heterocycles. The molecule has 2 bridgehead atoms. The number of rotatable bonds is 8. The molecule has 3 aliphatic carbocycles. The summed E-state index contributed by atoms with van der Waals surface area (Å²) < 4.78 is 86.7. The third-order valence-electron chi connectivity index (χ3n) is 7.45. The average molecular weight is 504 g/mol. The van der Waals surface area contributed by atoms with E-state index in [1.165, 1.54) is 0 Å². The van der Waals surface area contributed by atoms with Crippen molar-refractivity contribution in [2.75, 3.05) is 12.4 Å². The molecule has 0 aromatic heterocycles. The molecule has 0 N–H and O–H groups in total. The van der Waals surface area contributed by atoms with Gasteiger partial charge in [-0.25, -0.2) is 13.2 Å². The Bertz CT molecular complexity index is 1080. The van der Waals surface area contributed by atoms with Crippen molar-refractivity contribution in [3.8, 4) is 11.5 Å². The SMILES string of the molecule is C=C(C)C1(Oc2cc(C(=O)OCCS(=O)(=O)[O-])ccc2OC(F)(F)F)CC2CC1C1CCCC21. The van der Waals surface area contributed by atoms with Crippen molar-refractivity contribution in [1.82, 2.24) is 0 Å². The number of carbonyl (C=O) groups excluding carboxylic acids is 1. The zero-order valence-corrected chi connectivity index (χ0v) is 19.4. The van der Waals surface area contributed by atoms with Gasteiger partial charge in [0.15, 0.2) is 11.5 Å². The quantitative estimate of drug-likeness (QED) is 0.294. The molecule has 7 nitrogen and oxygen atoms in total. The molecule has 0 amide bonds. The highest BCUT2D eigenvalue weighted by Crippen LogP contribution is 2.65. The molecule has 3 saturated carbocycles. The Morgan fingerprint density at radius 1 is 1.24 bits per heavy atom. The number of benzene rings is 1. The van der Waals surface area contributed by atoms with Crippen LogP contribution in [-0.2, 0) is 14.9 Å². The summed E-state index contributed by atoms with van der Waals surface area (Å²) in [6.45, 7) is 5.22. The molecule has 1 aromatic rings. The predicted molar refractivity (Wildman–Crippen MR) is 113 cm³/mol. The highest BCUT2D eigenvalue weighted by atomic mass is 32.2. The summed E-state index contributed by atoms with van der Waals surface area (Å²) in [7, 11) is -4.59. The van der Waals surface area contributed by atoms with E-state index in [9.17, 15) is 30.9 Å². The highest BCUT2D eigenvalue weighted by Gasteiger charge is 2.63. The van der Waals surface area contributed by atoms with Gasteiger partial charge < -0.3 is 18.8 Å². The van der Waals surface area contributed by atoms with Gasteiger partial charge in [0.2, 0.25) is 0 Å². The Labute approximate surface area is 196 Å². The Morgan fingerprint density at radius 3 is 2.59 bits per heavy atom. The topological polar surface area (TPSA) is 102 Å². The maximum atomic E-state index is 13.1. The van der Waals surface area contributed by atoms with Crippen molar-refractivity contribution in [3.63, 3.8) is 0 Å². The van der Waals surface area contributed by atoms with Gasteiger partial charge in [0.1, 0.15) is 12.2 Å². The molecule has 0 spiro atoms. The van der Waals surface area contributed by atoms with E-state index < -0.39 is 46.2 Å². The van der Waals surface area contributed by atoms with Crippen LogP contribution in [0.3, 0.4) is 0 Å². The maximum absolute atomic E-state index is 13.1. The van der Waals surface area contributed by atoms with E-state index in [4.69, 9.17) is 9.47 Å². The number of carbonyl (C=O) groups is 1. The second-order valence-corrected chi connectivity index (χ2v) is 11.0. The number of esters is 1. The molecule has 5 unspecified atom stereocenters. The van der Waals surface area contributed by atoms with Crippen molar-refractivity contribution in [1.29, 1.82) is 0 Å². The van der Waals surface area contributed by atoms with Crippen molar-refractivity contribution in [2.24, 2.45) is 23.7 Å². The minimum Gasteiger partial charge on any atom is -0.748 e. The lowest BCUT2D eigenvalue weighted by Crippen LogP contribution is -2.47. The molecular weight excluding hydrogens is 477 g/mol. The molecule has 11 heteroatoms. The number of alkyl halides is 3. The molecule has 3 fully saturated rings. The highest BCUT2D eigenvalue weighted by molar-refractivity contribution is 7.85. The Morgan fingerprint density at radius 2 is 1.94 bits per heavy atom. The minimum absolute atomic E-state index is 0.110. The fourth-order valence-corrected chi connectivity index (χ4v) is 6.51. The normalized spacial score (nSPS) is 30.1. The van der Waals surface area contributed by atoms with E-state index in [1.54, 1.807) is 6.92 Å². The molecular formula is C23H26F3O7S-. The van der Waals surface area contributed by atoms with Crippen LogP contribution in [0.25, 0.3) is 0 Å². The molecule has 34 heavy (non-hydrogen) atoms. The van der Waals surface area contributed by atoms with Gasteiger partial charge in [0.25, 0.3) is 0 Å². The zero-order chi connectivity index (χ0) is 24.9. The van der Waals surface area contributed by atoms with Crippen LogP contribution in [0.2, 0.25) is 0 Å². The Balaban J connectivity index is 1.63. The standard InChI is InChI=1S/C23H27F3O7S/c1-13(2)22(12-15-10-18(22)17-5-3-4-16(15)17)32-20-11-14(6-7-19(20)33-23(24,25)26)21(27)31-8-9-34(28,29)30/h6-7,11,15-18H,1,3-5,8-10,12H2,2H3,(H,28,29,30)/p-1. The number of fused-ring (bicyclic) bond motifs is 5. The van der Waals surface area contributed by atoms with E-state index in [0.29, 0.717) is 29.7 Å². The van der Waals surface area contributed by atoms with Gasteiger partial charge in [-0.3, -0.25) is 0 Å². The van der Waals surface area contributed by atoms with E-state index in [2.05, 4.69) is 11.3 Å². The average Bonchev–Trinajstić information content (AvgIpc) is 3.39. The van der Waals surface area contributed by atoms with Gasteiger partial charge in [-0.2, -0.15) is 0 Å². The summed E-state index contributed by atoms with van der Waals surface area (Å²) >= 11 is 0. The first-order valence-corrected chi connectivity index (χ1v) is 12.7. The number of halogens is 3. The third-order valence-corrected chi connectivity index (χ3v) is 8.12. The fraction of sp³-hybridized carbons (Fsp3) is 0.609. The first-order valence-electron chi connectivity index (χ1n) is 11.1. The van der Waals surface area contributed by atoms with E-state index in [1.807, 2.05) is 0 Å². The number of ether oxygens (including phenoxy) is 3. The zero-order valence-electron chi connectivity index (χ0n) is 18.6. The van der Waals surface area contributed by atoms with Crippen LogP contribution >= 0.6 is 0 Å². The second kappa shape index (κ2) is 8.75. The summed E-state index contributed by atoms with van der Waals surface area (Å²) in [5.74, 6) is -1.24. The Kier molecular flexibility index (Phi) is 6.39. The molecule has 4 rings (SSSR count). The molecule has 188 valence electrons. The van der Waals surface area contributed by atoms with E-state index in [-0.39, 0.29) is 17.2 Å². The number of hydrogen-bond acceptors (Lipinski definition) is 7. The van der Waals surface area contributed by atoms with Gasteiger partial charge in [0.05, 0.1) is 21.4 Å². The predicted octanol–water partition coefficient (Wildman–Crippen LogP) is 4.44. The van der Waals surface area contributed by atoms with Gasteiger partial charge in [-0.15, -0.1) is 13.2 Å². The van der Waals surface area contributed by atoms with Gasteiger partial charge in [0, 0.05) is 5.92 Å². The monoisotopic (exact) mass is 503 g/mol. The molecule has 5 atom stereocenters. The van der Waals surface area contributed by atoms with Crippen molar-refractivity contribution < 1.29 is 45.1 Å². The van der Waals surface area contributed by atoms with Crippen molar-refractivity contribution >= 4 is 16.1 Å². The lowest BCUT2D eigenvalue weighted by atomic mass is 9.70. The molecule has 0 saturated heterocycles. The summed E-state index contributed by atoms with van der Waals surface area (Å²) in [5, 5.41) is 0. The summed E-state index contributed by atoms with van der Waals surface area (Å²) in [6.07, 6.45) is -0.105. The minimum atomic E-state index is -4.98. The summed E-state index contributed by atoms with van der Waals surface area (Å²) in [6, 6.07) is 3.11. The van der Waals surface area contributed by atoms with Gasteiger partial charge in [-0.05, 0) is 74.1 Å². The fourth-order valence-electron chi connectivity index (χ4n) is 6.22. The van der Waals surface area contributed by atoms with Gasteiger partial charge in [-0.1, -0.05) is 13.0 Å². The number of hydrogen-bond donors (Lipinski definition) is 0. The molecule has 0 aliphatic heterocycles. The lowest BCUT2D eigenvalue weighted by molar-refractivity contribution is -0.275. The van der Waals surface area contributed by atoms with E-state index >= 15 is 0 Å². The maximum Gasteiger partial charge on any atom is 0.573 e. The van der Waals surface area contributed by atoms with Crippen LogP contribution in [0.4, 0.5) is 13.2 Å². The smallest absolute Gasteiger partial charge is 0.573 e. The third kappa shape index (κ3) is 4.91. The van der Waals surface area contributed by atoms with Crippen LogP contribution < -0.4 is 9.47 Å². The first kappa shape index (κ1) is 24.8. The summed E-state index contributed by atoms with van der Waals surface area (Å²) in [5.41, 5.74) is -0.331. The van der Waals surface area contributed by atoms with E-state index in [0.717, 1.165) is 43.9 Å². The van der Waals surface area contributed by atoms with Gasteiger partial charge >= 0.3 is 12.3 Å². The van der Waals surface area contributed by atoms with Crippen molar-refractivity contribution in [3.05, 3.63) is 35.9 Å². The molecule has 3 aliphatic rings. The molecule has 1 aromatic carbocycles. The van der Waals surface area contributed by atoms with Crippen molar-refractivity contribution in [2.45, 2.75) is 51.0 Å². The van der Waals surface area contributed by atoms with Crippen LogP contribution in [-0.4, -0.2) is 43.3 Å². The molecule has 0 radical (unpaired) electrons. The second-order valence-electron chi connectivity index (χ2n) is 9.44. The lowest BCUT2D eigenvalue weighted by Gasteiger charge is -2.43. The van der Waals surface area contributed by atoms with Crippen LogP contribution in [0.1, 0.15) is 49.4 Å². The Hall–Kier alpha value is -2.27. The van der Waals surface area contributed by atoms with Crippen LogP contribution in [0, 0.1) is 23.7 Å². The van der Waals surface area contributed by atoms with Crippen LogP contribution in [0.15, 0.2) is 30.4 Å². The largest absolute Gasteiger partial charge is 0.748 e. The summed E-state index contributed by atoms with van der Waals surface area (Å²) in [4.78, 5) is 12.4. The van der Waals surface area contributed by atoms with Crippen LogP contribution in [0.5, 0.6) is 11.5 Å².